The third kappa shape index (κ3) is 2.65. The van der Waals surface area contributed by atoms with Gasteiger partial charge in [-0.1, -0.05) is 18.2 Å². The van der Waals surface area contributed by atoms with E-state index in [2.05, 4.69) is 0 Å². The third-order valence-electron chi connectivity index (χ3n) is 5.13. The topological polar surface area (TPSA) is 23.5 Å². The molecule has 1 aliphatic carbocycles. The van der Waals surface area contributed by atoms with Crippen molar-refractivity contribution in [1.29, 1.82) is 0 Å². The van der Waals surface area contributed by atoms with Crippen molar-refractivity contribution in [2.24, 2.45) is 0 Å². The number of halogens is 11. The zero-order valence-electron chi connectivity index (χ0n) is 15.6. The lowest BCUT2D eigenvalue weighted by molar-refractivity contribution is -0.488. The van der Waals surface area contributed by atoms with Gasteiger partial charge in [0.25, 0.3) is 5.67 Å². The van der Waals surface area contributed by atoms with Gasteiger partial charge in [0.2, 0.25) is 0 Å². The van der Waals surface area contributed by atoms with Gasteiger partial charge in [-0.05, 0) is 13.0 Å². The molecule has 172 valence electrons. The van der Waals surface area contributed by atoms with Crippen LogP contribution in [0.3, 0.4) is 0 Å². The van der Waals surface area contributed by atoms with Crippen LogP contribution in [-0.4, -0.2) is 54.5 Å². The Morgan fingerprint density at radius 1 is 0.733 bits per heavy atom. The van der Waals surface area contributed by atoms with Crippen LogP contribution >= 0.6 is 0 Å². The van der Waals surface area contributed by atoms with E-state index in [1.165, 1.54) is 31.1 Å². The van der Waals surface area contributed by atoms with Crippen LogP contribution in [0.15, 0.2) is 24.3 Å². The molecule has 30 heavy (non-hydrogen) atoms. The second-order valence-corrected chi connectivity index (χ2v) is 7.54. The van der Waals surface area contributed by atoms with Crippen LogP contribution in [0.1, 0.15) is 18.9 Å². The van der Waals surface area contributed by atoms with Crippen LogP contribution in [0.4, 0.5) is 54.0 Å². The number of anilines is 1. The largest absolute Gasteiger partial charge is 0.385 e. The van der Waals surface area contributed by atoms with E-state index in [0.29, 0.717) is 6.92 Å². The molecule has 0 radical (unpaired) electrons. The second kappa shape index (κ2) is 6.36. The molecule has 1 aromatic carbocycles. The highest BCUT2D eigenvalue weighted by Gasteiger charge is 3.01. The predicted octanol–water partition coefficient (Wildman–Crippen LogP) is 5.25. The quantitative estimate of drug-likeness (QED) is 0.622. The zero-order valence-corrected chi connectivity index (χ0v) is 15.6. The third-order valence-corrected chi connectivity index (χ3v) is 5.13. The van der Waals surface area contributed by atoms with Gasteiger partial charge >= 0.3 is 29.6 Å². The lowest BCUT2D eigenvalue weighted by Gasteiger charge is -2.53. The molecule has 0 saturated heterocycles. The minimum Gasteiger partial charge on any atom is -0.385 e. The molecule has 2 nitrogen and oxygen atoms in total. The van der Waals surface area contributed by atoms with Crippen molar-refractivity contribution >= 4 is 5.69 Å². The molecule has 1 fully saturated rings. The number of nitrogens with zero attached hydrogens (tertiary/aromatic N) is 1. The lowest BCUT2D eigenvalue weighted by Crippen LogP contribution is -2.84. The van der Waals surface area contributed by atoms with Gasteiger partial charge in [-0.3, -0.25) is 0 Å². The first kappa shape index (κ1) is 24.5. The molecule has 0 amide bonds. The monoisotopic (exact) mass is 459 g/mol. The van der Waals surface area contributed by atoms with Gasteiger partial charge in [0, 0.05) is 31.8 Å². The average molecular weight is 459 g/mol. The number of benzene rings is 1. The zero-order chi connectivity index (χ0) is 23.8. The first-order valence-corrected chi connectivity index (χ1v) is 8.20. The van der Waals surface area contributed by atoms with Crippen molar-refractivity contribution in [3.8, 4) is 0 Å². The molecule has 0 aromatic heterocycles. The Hall–Kier alpha value is -1.79. The fraction of sp³-hybridized carbons (Fsp3) is 0.647. The predicted molar refractivity (Wildman–Crippen MR) is 83.5 cm³/mol. The summed E-state index contributed by atoms with van der Waals surface area (Å²) in [7, 11) is 2.65. The van der Waals surface area contributed by atoms with Crippen molar-refractivity contribution in [1.82, 2.24) is 0 Å². The van der Waals surface area contributed by atoms with Crippen molar-refractivity contribution in [2.75, 3.05) is 19.0 Å². The van der Waals surface area contributed by atoms with Gasteiger partial charge in [0.05, 0.1) is 5.60 Å². The van der Waals surface area contributed by atoms with Gasteiger partial charge < -0.3 is 10.0 Å². The lowest BCUT2D eigenvalue weighted by atomic mass is 9.67. The van der Waals surface area contributed by atoms with E-state index in [9.17, 15) is 49.0 Å². The van der Waals surface area contributed by atoms with Crippen molar-refractivity contribution < 1.29 is 53.4 Å². The van der Waals surface area contributed by atoms with E-state index in [1.807, 2.05) is 0 Å². The first-order chi connectivity index (χ1) is 13.1. The van der Waals surface area contributed by atoms with E-state index >= 15 is 4.39 Å². The summed E-state index contributed by atoms with van der Waals surface area (Å²) >= 11 is 0. The highest BCUT2D eigenvalue weighted by Crippen LogP contribution is 2.71. The molecule has 1 aliphatic rings. The van der Waals surface area contributed by atoms with Crippen LogP contribution in [0.2, 0.25) is 0 Å². The van der Waals surface area contributed by atoms with Gasteiger partial charge in [0.15, 0.2) is 0 Å². The molecule has 1 atom stereocenters. The Morgan fingerprint density at radius 3 is 1.50 bits per heavy atom. The maximum absolute atomic E-state index is 15.0. The molecule has 0 aliphatic heterocycles. The summed E-state index contributed by atoms with van der Waals surface area (Å²) in [6.45, 7) is 0.436. The molecule has 0 bridgehead atoms. The fourth-order valence-corrected chi connectivity index (χ4v) is 3.40. The standard InChI is InChI=1S/C17H16F11NO/c1-11(30,9-6-4-5-7-10(9)29(2)3)8-12(18)13(19,20)15(23,24)17(27,28)16(25,26)14(12,21)22/h4-7,30H,8H2,1-3H3. The van der Waals surface area contributed by atoms with Crippen molar-refractivity contribution in [2.45, 2.75) is 54.2 Å². The Morgan fingerprint density at radius 2 is 1.10 bits per heavy atom. The molecule has 0 spiro atoms. The maximum Gasteiger partial charge on any atom is 0.384 e. The summed E-state index contributed by atoms with van der Waals surface area (Å²) in [6, 6.07) is 4.58. The Bertz CT molecular complexity index is 790. The van der Waals surface area contributed by atoms with E-state index in [4.69, 9.17) is 0 Å². The number of para-hydroxylation sites is 1. The van der Waals surface area contributed by atoms with Gasteiger partial charge in [-0.25, -0.2) is 4.39 Å². The van der Waals surface area contributed by atoms with Crippen molar-refractivity contribution in [3.05, 3.63) is 29.8 Å². The summed E-state index contributed by atoms with van der Waals surface area (Å²) < 4.78 is 153. The molecule has 1 saturated carbocycles. The van der Waals surface area contributed by atoms with E-state index in [-0.39, 0.29) is 5.69 Å². The smallest absolute Gasteiger partial charge is 0.384 e. The SMILES string of the molecule is CN(C)c1ccccc1C(C)(O)CC1(F)C(F)(F)C(F)(F)C(F)(F)C(F)(F)C1(F)F. The van der Waals surface area contributed by atoms with Crippen LogP contribution in [0.5, 0.6) is 0 Å². The Balaban J connectivity index is 2.75. The van der Waals surface area contributed by atoms with Crippen LogP contribution in [-0.2, 0) is 5.60 Å². The van der Waals surface area contributed by atoms with Gasteiger partial charge in [-0.15, -0.1) is 0 Å². The van der Waals surface area contributed by atoms with Crippen LogP contribution < -0.4 is 4.90 Å². The molecule has 13 heteroatoms. The number of aliphatic hydroxyl groups is 1. The number of hydrogen-bond donors (Lipinski definition) is 1. The molecule has 1 unspecified atom stereocenters. The van der Waals surface area contributed by atoms with E-state index in [0.717, 1.165) is 12.1 Å². The molecule has 1 N–H and O–H groups in total. The fourth-order valence-electron chi connectivity index (χ4n) is 3.40. The minimum absolute atomic E-state index is 0.0857. The summed E-state index contributed by atoms with van der Waals surface area (Å²) in [5, 5.41) is 10.5. The van der Waals surface area contributed by atoms with Crippen molar-refractivity contribution in [3.63, 3.8) is 0 Å². The van der Waals surface area contributed by atoms with Crippen LogP contribution in [0, 0.1) is 0 Å². The average Bonchev–Trinajstić information content (AvgIpc) is 2.59. The highest BCUT2D eigenvalue weighted by atomic mass is 19.4. The minimum atomic E-state index is -7.28. The molecule has 0 heterocycles. The Labute approximate surface area is 163 Å². The normalized spacial score (nSPS) is 27.2. The molecule has 2 rings (SSSR count). The maximum atomic E-state index is 15.0. The second-order valence-electron chi connectivity index (χ2n) is 7.54. The molecular weight excluding hydrogens is 443 g/mol. The van der Waals surface area contributed by atoms with Crippen LogP contribution in [0.25, 0.3) is 0 Å². The van der Waals surface area contributed by atoms with E-state index in [1.54, 1.807) is 0 Å². The first-order valence-electron chi connectivity index (χ1n) is 8.20. The number of rotatable bonds is 4. The van der Waals surface area contributed by atoms with Gasteiger partial charge in [-0.2, -0.15) is 43.9 Å². The Kier molecular flexibility index (Phi) is 5.19. The molecular formula is C17H16F11NO. The summed E-state index contributed by atoms with van der Waals surface area (Å²) in [5.74, 6) is -35.6. The van der Waals surface area contributed by atoms with Gasteiger partial charge in [0.1, 0.15) is 0 Å². The summed E-state index contributed by atoms with van der Waals surface area (Å²) in [4.78, 5) is 1.20. The summed E-state index contributed by atoms with van der Waals surface area (Å²) in [6.07, 6.45) is -2.74. The van der Waals surface area contributed by atoms with E-state index < -0.39 is 52.9 Å². The summed E-state index contributed by atoms with van der Waals surface area (Å²) in [5.41, 5.74) is -10.1. The molecule has 1 aromatic rings. The highest BCUT2D eigenvalue weighted by molar-refractivity contribution is 5.55. The number of alkyl halides is 11. The number of hydrogen-bond acceptors (Lipinski definition) is 2.